The van der Waals surface area contributed by atoms with Crippen molar-refractivity contribution in [2.24, 2.45) is 0 Å². The van der Waals surface area contributed by atoms with Crippen LogP contribution in [0, 0.1) is 0 Å². The molecule has 29 heavy (non-hydrogen) atoms. The van der Waals surface area contributed by atoms with E-state index < -0.39 is 10.0 Å². The number of nitrogens with zero attached hydrogens (tertiary/aromatic N) is 3. The molecule has 0 spiro atoms. The number of amides is 1. The Balaban J connectivity index is 1.50. The van der Waals surface area contributed by atoms with Crippen LogP contribution in [-0.4, -0.2) is 42.5 Å². The zero-order valence-electron chi connectivity index (χ0n) is 15.8. The molecule has 3 aromatic rings. The van der Waals surface area contributed by atoms with Gasteiger partial charge in [0, 0.05) is 24.2 Å². The van der Waals surface area contributed by atoms with Crippen LogP contribution in [0.4, 0.5) is 5.69 Å². The number of thiophene rings is 1. The molecular formula is C19H20N4O4S2. The summed E-state index contributed by atoms with van der Waals surface area (Å²) in [5.74, 6) is -0.245. The minimum absolute atomic E-state index is 0.0772. The Morgan fingerprint density at radius 1 is 1.21 bits per heavy atom. The van der Waals surface area contributed by atoms with Crippen LogP contribution in [-0.2, 0) is 16.4 Å². The average Bonchev–Trinajstić information content (AvgIpc) is 3.49. The van der Waals surface area contributed by atoms with Gasteiger partial charge in [-0.1, -0.05) is 19.1 Å². The van der Waals surface area contributed by atoms with Gasteiger partial charge in [-0.3, -0.25) is 9.52 Å². The maximum absolute atomic E-state index is 12.7. The number of carbonyl (C=O) groups excluding carboxylic acids is 1. The molecule has 0 radical (unpaired) electrons. The van der Waals surface area contributed by atoms with Crippen LogP contribution in [0.15, 0.2) is 44.3 Å². The molecule has 1 N–H and O–H groups in total. The SMILES string of the molecule is CCc1ccc(NS(=O)(=O)c2cc(-c3nnc(C(=O)N4CCCC4)o3)cs2)cc1. The number of benzene rings is 1. The third-order valence-electron chi connectivity index (χ3n) is 4.70. The van der Waals surface area contributed by atoms with Crippen molar-refractivity contribution in [2.75, 3.05) is 17.8 Å². The molecule has 1 amide bonds. The van der Waals surface area contributed by atoms with E-state index in [1.54, 1.807) is 22.4 Å². The van der Waals surface area contributed by atoms with Crippen LogP contribution in [0.5, 0.6) is 0 Å². The van der Waals surface area contributed by atoms with E-state index in [-0.39, 0.29) is 21.9 Å². The normalized spacial score (nSPS) is 14.3. The summed E-state index contributed by atoms with van der Waals surface area (Å²) in [4.78, 5) is 14.0. The molecule has 2 aromatic heterocycles. The van der Waals surface area contributed by atoms with Crippen LogP contribution in [0.3, 0.4) is 0 Å². The Morgan fingerprint density at radius 2 is 1.93 bits per heavy atom. The van der Waals surface area contributed by atoms with E-state index in [4.69, 9.17) is 4.42 Å². The summed E-state index contributed by atoms with van der Waals surface area (Å²) in [6, 6.07) is 8.70. The Hall–Kier alpha value is -2.72. The summed E-state index contributed by atoms with van der Waals surface area (Å²) in [6.45, 7) is 3.40. The van der Waals surface area contributed by atoms with Crippen molar-refractivity contribution in [3.8, 4) is 11.5 Å². The van der Waals surface area contributed by atoms with Gasteiger partial charge in [0.2, 0.25) is 5.89 Å². The quantitative estimate of drug-likeness (QED) is 0.640. The van der Waals surface area contributed by atoms with Gasteiger partial charge in [-0.2, -0.15) is 0 Å². The average molecular weight is 433 g/mol. The van der Waals surface area contributed by atoms with E-state index in [9.17, 15) is 13.2 Å². The van der Waals surface area contributed by atoms with Gasteiger partial charge in [0.05, 0.1) is 5.56 Å². The number of carbonyl (C=O) groups is 1. The van der Waals surface area contributed by atoms with Crippen molar-refractivity contribution in [3.63, 3.8) is 0 Å². The Labute approximate surface area is 172 Å². The zero-order valence-corrected chi connectivity index (χ0v) is 17.4. The van der Waals surface area contributed by atoms with Crippen LogP contribution < -0.4 is 4.72 Å². The second-order valence-electron chi connectivity index (χ2n) is 6.72. The summed E-state index contributed by atoms with van der Waals surface area (Å²) in [7, 11) is -3.74. The minimum atomic E-state index is -3.74. The van der Waals surface area contributed by atoms with Crippen LogP contribution >= 0.6 is 11.3 Å². The molecule has 1 aromatic carbocycles. The molecular weight excluding hydrogens is 412 g/mol. The van der Waals surface area contributed by atoms with Gasteiger partial charge in [0.25, 0.3) is 10.0 Å². The van der Waals surface area contributed by atoms with E-state index in [1.165, 1.54) is 6.07 Å². The van der Waals surface area contributed by atoms with Gasteiger partial charge in [0.15, 0.2) is 0 Å². The maximum atomic E-state index is 12.7. The summed E-state index contributed by atoms with van der Waals surface area (Å²) < 4.78 is 33.5. The number of anilines is 1. The van der Waals surface area contributed by atoms with Crippen LogP contribution in [0.2, 0.25) is 0 Å². The predicted molar refractivity (Wildman–Crippen MR) is 109 cm³/mol. The highest BCUT2D eigenvalue weighted by Gasteiger charge is 2.26. The van der Waals surface area contributed by atoms with Crippen LogP contribution in [0.25, 0.3) is 11.5 Å². The Morgan fingerprint density at radius 3 is 2.62 bits per heavy atom. The number of likely N-dealkylation sites (tertiary alicyclic amines) is 1. The van der Waals surface area contributed by atoms with E-state index in [1.807, 2.05) is 19.1 Å². The Bertz CT molecular complexity index is 1110. The first-order chi connectivity index (χ1) is 14.0. The molecule has 8 nitrogen and oxygen atoms in total. The lowest BCUT2D eigenvalue weighted by atomic mass is 10.2. The molecule has 0 saturated carbocycles. The fraction of sp³-hybridized carbons (Fsp3) is 0.316. The first kappa shape index (κ1) is 19.6. The fourth-order valence-electron chi connectivity index (χ4n) is 3.07. The molecule has 1 aliphatic rings. The highest BCUT2D eigenvalue weighted by atomic mass is 32.2. The van der Waals surface area contributed by atoms with Gasteiger partial charge in [-0.05, 0) is 43.0 Å². The first-order valence-corrected chi connectivity index (χ1v) is 11.7. The third kappa shape index (κ3) is 4.18. The molecule has 1 saturated heterocycles. The monoisotopic (exact) mass is 432 g/mol. The molecule has 152 valence electrons. The second kappa shape index (κ2) is 7.96. The van der Waals surface area contributed by atoms with E-state index in [0.29, 0.717) is 24.3 Å². The van der Waals surface area contributed by atoms with Crippen molar-refractivity contribution < 1.29 is 17.6 Å². The fourth-order valence-corrected chi connectivity index (χ4v) is 5.28. The van der Waals surface area contributed by atoms with Gasteiger partial charge >= 0.3 is 11.8 Å². The number of hydrogen-bond acceptors (Lipinski definition) is 7. The summed E-state index contributed by atoms with van der Waals surface area (Å²) >= 11 is 1.05. The molecule has 1 aliphatic heterocycles. The predicted octanol–water partition coefficient (Wildman–Crippen LogP) is 3.40. The number of hydrogen-bond donors (Lipinski definition) is 1. The summed E-state index contributed by atoms with van der Waals surface area (Å²) in [5, 5.41) is 9.35. The molecule has 3 heterocycles. The first-order valence-electron chi connectivity index (χ1n) is 9.30. The molecule has 10 heteroatoms. The maximum Gasteiger partial charge on any atom is 0.311 e. The molecule has 0 bridgehead atoms. The molecule has 0 unspecified atom stereocenters. The number of aromatic nitrogens is 2. The molecule has 0 aliphatic carbocycles. The summed E-state index contributed by atoms with van der Waals surface area (Å²) in [6.07, 6.45) is 2.81. The number of nitrogens with one attached hydrogen (secondary N) is 1. The van der Waals surface area contributed by atoms with Gasteiger partial charge in [-0.15, -0.1) is 21.5 Å². The number of sulfonamides is 1. The van der Waals surface area contributed by atoms with Crippen molar-refractivity contribution >= 4 is 33.0 Å². The van der Waals surface area contributed by atoms with Gasteiger partial charge in [-0.25, -0.2) is 8.42 Å². The lowest BCUT2D eigenvalue weighted by Gasteiger charge is -2.11. The highest BCUT2D eigenvalue weighted by molar-refractivity contribution is 7.94. The lowest BCUT2D eigenvalue weighted by Crippen LogP contribution is -2.27. The van der Waals surface area contributed by atoms with E-state index >= 15 is 0 Å². The molecule has 0 atom stereocenters. The van der Waals surface area contributed by atoms with Crippen molar-refractivity contribution in [2.45, 2.75) is 30.4 Å². The third-order valence-corrected chi connectivity index (χ3v) is 7.52. The zero-order chi connectivity index (χ0) is 20.4. The van der Waals surface area contributed by atoms with E-state index in [0.717, 1.165) is 36.2 Å². The van der Waals surface area contributed by atoms with Crippen molar-refractivity contribution in [1.82, 2.24) is 15.1 Å². The topological polar surface area (TPSA) is 105 Å². The van der Waals surface area contributed by atoms with Crippen molar-refractivity contribution in [1.29, 1.82) is 0 Å². The summed E-state index contributed by atoms with van der Waals surface area (Å²) in [5.41, 5.74) is 2.08. The number of aryl methyl sites for hydroxylation is 1. The lowest BCUT2D eigenvalue weighted by molar-refractivity contribution is 0.0754. The van der Waals surface area contributed by atoms with Crippen molar-refractivity contribution in [3.05, 3.63) is 47.2 Å². The molecule has 1 fully saturated rings. The Kier molecular flexibility index (Phi) is 5.37. The number of rotatable bonds is 6. The largest absolute Gasteiger partial charge is 0.412 e. The highest BCUT2D eigenvalue weighted by Crippen LogP contribution is 2.29. The molecule has 4 rings (SSSR count). The smallest absolute Gasteiger partial charge is 0.311 e. The van der Waals surface area contributed by atoms with Gasteiger partial charge in [0.1, 0.15) is 4.21 Å². The standard InChI is InChI=1S/C19H20N4O4S2/c1-2-13-5-7-15(8-6-13)22-29(25,26)16-11-14(12-28-16)17-20-21-18(27-17)19(24)23-9-3-4-10-23/h5-8,11-12,22H,2-4,9-10H2,1H3. The van der Waals surface area contributed by atoms with E-state index in [2.05, 4.69) is 14.9 Å². The minimum Gasteiger partial charge on any atom is -0.412 e. The van der Waals surface area contributed by atoms with Gasteiger partial charge < -0.3 is 9.32 Å². The second-order valence-corrected chi connectivity index (χ2v) is 9.54. The van der Waals surface area contributed by atoms with Crippen LogP contribution in [0.1, 0.15) is 36.0 Å².